The number of ether oxygens (including phenoxy) is 1. The largest absolute Gasteiger partial charge is 0.381 e. The molecular formula is C19H24N2O2. The number of nitrogens with zero attached hydrogens (tertiary/aromatic N) is 1. The van der Waals surface area contributed by atoms with Crippen LogP contribution in [0.2, 0.25) is 0 Å². The molecule has 4 aliphatic rings. The van der Waals surface area contributed by atoms with Gasteiger partial charge in [-0.15, -0.1) is 0 Å². The van der Waals surface area contributed by atoms with Crippen LogP contribution in [-0.2, 0) is 9.53 Å². The fourth-order valence-electron chi connectivity index (χ4n) is 5.29. The first-order chi connectivity index (χ1) is 11.3. The van der Waals surface area contributed by atoms with Crippen LogP contribution in [0.3, 0.4) is 0 Å². The molecule has 122 valence electrons. The van der Waals surface area contributed by atoms with Crippen LogP contribution in [-0.4, -0.2) is 31.2 Å². The van der Waals surface area contributed by atoms with E-state index >= 15 is 0 Å². The molecule has 23 heavy (non-hydrogen) atoms. The van der Waals surface area contributed by atoms with Gasteiger partial charge in [-0.1, -0.05) is 6.42 Å². The number of hydrogen-bond acceptors (Lipinski definition) is 3. The Morgan fingerprint density at radius 3 is 2.65 bits per heavy atom. The lowest BCUT2D eigenvalue weighted by Crippen LogP contribution is -2.68. The zero-order chi connectivity index (χ0) is 15.4. The molecule has 1 N–H and O–H groups in total. The first-order valence-corrected chi connectivity index (χ1v) is 9.06. The van der Waals surface area contributed by atoms with E-state index in [2.05, 4.69) is 29.6 Å². The van der Waals surface area contributed by atoms with Gasteiger partial charge in [0, 0.05) is 48.3 Å². The van der Waals surface area contributed by atoms with E-state index in [1.54, 1.807) is 0 Å². The smallest absolute Gasteiger partial charge is 0.227 e. The van der Waals surface area contributed by atoms with E-state index in [-0.39, 0.29) is 5.91 Å². The minimum atomic E-state index is 0.254. The number of carbonyl (C=O) groups is 1. The van der Waals surface area contributed by atoms with Gasteiger partial charge >= 0.3 is 0 Å². The Balaban J connectivity index is 1.32. The minimum Gasteiger partial charge on any atom is -0.381 e. The van der Waals surface area contributed by atoms with Crippen LogP contribution >= 0.6 is 0 Å². The zero-order valence-electron chi connectivity index (χ0n) is 13.5. The number of fused-ring (bicyclic) bond motifs is 2. The van der Waals surface area contributed by atoms with E-state index in [1.165, 1.54) is 31.4 Å². The topological polar surface area (TPSA) is 41.6 Å². The van der Waals surface area contributed by atoms with Crippen LogP contribution in [0, 0.1) is 11.3 Å². The molecule has 0 bridgehead atoms. The van der Waals surface area contributed by atoms with Gasteiger partial charge in [-0.25, -0.2) is 0 Å². The van der Waals surface area contributed by atoms with Crippen molar-refractivity contribution in [1.82, 2.24) is 0 Å². The van der Waals surface area contributed by atoms with Crippen LogP contribution < -0.4 is 10.2 Å². The molecule has 0 aromatic heterocycles. The van der Waals surface area contributed by atoms with Gasteiger partial charge in [0.1, 0.15) is 0 Å². The third-order valence-electron chi connectivity index (χ3n) is 6.61. The van der Waals surface area contributed by atoms with E-state index in [0.717, 1.165) is 25.3 Å². The summed E-state index contributed by atoms with van der Waals surface area (Å²) in [5.41, 5.74) is 2.62. The summed E-state index contributed by atoms with van der Waals surface area (Å²) in [7, 11) is 0. The van der Waals surface area contributed by atoms with Gasteiger partial charge in [0.15, 0.2) is 0 Å². The molecule has 1 spiro atoms. The molecule has 4 fully saturated rings. The number of benzene rings is 1. The summed E-state index contributed by atoms with van der Waals surface area (Å²) in [5, 5.41) is 3.79. The second-order valence-corrected chi connectivity index (χ2v) is 7.65. The van der Waals surface area contributed by atoms with Crippen molar-refractivity contribution < 1.29 is 9.53 Å². The van der Waals surface area contributed by atoms with Crippen LogP contribution in [0.5, 0.6) is 0 Å². The summed E-state index contributed by atoms with van der Waals surface area (Å²) >= 11 is 0. The number of hydrogen-bond donors (Lipinski definition) is 1. The Kier molecular flexibility index (Phi) is 2.99. The number of nitrogens with one attached hydrogen (secondary N) is 1. The normalized spacial score (nSPS) is 34.2. The molecule has 0 unspecified atom stereocenters. The highest BCUT2D eigenvalue weighted by molar-refractivity contribution is 5.95. The third kappa shape index (κ3) is 1.90. The fraction of sp³-hybridized carbons (Fsp3) is 0.632. The Morgan fingerprint density at radius 2 is 2.00 bits per heavy atom. The van der Waals surface area contributed by atoms with E-state index in [4.69, 9.17) is 4.74 Å². The summed E-state index contributed by atoms with van der Waals surface area (Å²) < 4.78 is 5.99. The van der Waals surface area contributed by atoms with Crippen molar-refractivity contribution in [2.45, 2.75) is 50.7 Å². The Hall–Kier alpha value is -1.55. The summed E-state index contributed by atoms with van der Waals surface area (Å²) in [6.45, 7) is 1.80. The quantitative estimate of drug-likeness (QED) is 0.932. The van der Waals surface area contributed by atoms with E-state index in [9.17, 15) is 4.79 Å². The van der Waals surface area contributed by atoms with Crippen molar-refractivity contribution >= 4 is 17.3 Å². The van der Waals surface area contributed by atoms with Gasteiger partial charge in [-0.2, -0.15) is 0 Å². The summed E-state index contributed by atoms with van der Waals surface area (Å²) in [5.74, 6) is 0.944. The number of carbonyl (C=O) groups excluding carboxylic acids is 1. The molecule has 1 aromatic carbocycles. The molecule has 2 heterocycles. The predicted molar refractivity (Wildman–Crippen MR) is 89.6 cm³/mol. The first kappa shape index (κ1) is 13.8. The summed E-state index contributed by atoms with van der Waals surface area (Å²) in [6.07, 6.45) is 7.35. The highest BCUT2D eigenvalue weighted by Crippen LogP contribution is 2.63. The van der Waals surface area contributed by atoms with Crippen molar-refractivity contribution in [1.29, 1.82) is 0 Å². The number of rotatable bonds is 3. The van der Waals surface area contributed by atoms with Crippen molar-refractivity contribution in [2.75, 3.05) is 23.4 Å². The van der Waals surface area contributed by atoms with Gasteiger partial charge in [0.05, 0.1) is 6.10 Å². The fourth-order valence-corrected chi connectivity index (χ4v) is 5.29. The second-order valence-electron chi connectivity index (χ2n) is 7.65. The molecule has 5 rings (SSSR count). The maximum absolute atomic E-state index is 11.8. The van der Waals surface area contributed by atoms with Crippen LogP contribution in [0.25, 0.3) is 0 Å². The monoisotopic (exact) mass is 312 g/mol. The zero-order valence-corrected chi connectivity index (χ0v) is 13.5. The van der Waals surface area contributed by atoms with Crippen molar-refractivity contribution in [3.8, 4) is 0 Å². The van der Waals surface area contributed by atoms with E-state index in [0.29, 0.717) is 29.9 Å². The standard InChI is InChI=1S/C19H24N2O2/c22-16-3-1-11-21(16)14-6-4-13(5-7-14)20-17-15-8-12-23-18(15)19(17)9-2-10-19/h4-7,15,17-18,20H,1-3,8-12H2/t15-,17-,18-/m1/s1. The third-order valence-corrected chi connectivity index (χ3v) is 6.61. The van der Waals surface area contributed by atoms with Crippen molar-refractivity contribution in [2.24, 2.45) is 11.3 Å². The molecule has 3 atom stereocenters. The molecule has 4 nitrogen and oxygen atoms in total. The molecule has 2 saturated heterocycles. The summed E-state index contributed by atoms with van der Waals surface area (Å²) in [4.78, 5) is 13.7. The summed E-state index contributed by atoms with van der Waals surface area (Å²) in [6, 6.07) is 9.01. The van der Waals surface area contributed by atoms with Gasteiger partial charge in [-0.3, -0.25) is 4.79 Å². The average Bonchev–Trinajstić information content (AvgIpc) is 3.12. The van der Waals surface area contributed by atoms with Crippen molar-refractivity contribution in [3.05, 3.63) is 24.3 Å². The lowest BCUT2D eigenvalue weighted by Gasteiger charge is -2.63. The molecule has 2 saturated carbocycles. The lowest BCUT2D eigenvalue weighted by atomic mass is 9.46. The predicted octanol–water partition coefficient (Wildman–Crippen LogP) is 3.18. The molecule has 1 amide bonds. The van der Waals surface area contributed by atoms with Gasteiger partial charge in [0.25, 0.3) is 0 Å². The van der Waals surface area contributed by atoms with Crippen LogP contribution in [0.1, 0.15) is 38.5 Å². The highest BCUT2D eigenvalue weighted by atomic mass is 16.5. The molecule has 2 aliphatic heterocycles. The number of anilines is 2. The molecule has 4 heteroatoms. The second kappa shape index (κ2) is 4.97. The molecular weight excluding hydrogens is 288 g/mol. The van der Waals surface area contributed by atoms with Crippen molar-refractivity contribution in [3.63, 3.8) is 0 Å². The van der Waals surface area contributed by atoms with Gasteiger partial charge < -0.3 is 15.0 Å². The van der Waals surface area contributed by atoms with Crippen LogP contribution in [0.4, 0.5) is 11.4 Å². The van der Waals surface area contributed by atoms with Crippen LogP contribution in [0.15, 0.2) is 24.3 Å². The van der Waals surface area contributed by atoms with E-state index < -0.39 is 0 Å². The Labute approximate surface area is 137 Å². The Bertz CT molecular complexity index is 623. The first-order valence-electron chi connectivity index (χ1n) is 9.06. The number of amides is 1. The molecule has 1 aromatic rings. The lowest BCUT2D eigenvalue weighted by molar-refractivity contribution is -0.158. The SMILES string of the molecule is O=C1CCCN1c1ccc(N[C@@H]2[C@H]3CCO[C@H]3C23CCC3)cc1. The van der Waals surface area contributed by atoms with Gasteiger partial charge in [0.2, 0.25) is 5.91 Å². The van der Waals surface area contributed by atoms with Gasteiger partial charge in [-0.05, 0) is 49.9 Å². The molecule has 2 aliphatic carbocycles. The average molecular weight is 312 g/mol. The van der Waals surface area contributed by atoms with E-state index in [1.807, 2.05) is 4.90 Å². The molecule has 0 radical (unpaired) electrons. The highest BCUT2D eigenvalue weighted by Gasteiger charge is 2.66. The maximum atomic E-state index is 11.8. The minimum absolute atomic E-state index is 0.254. The Morgan fingerprint density at radius 1 is 1.17 bits per heavy atom. The maximum Gasteiger partial charge on any atom is 0.227 e.